The van der Waals surface area contributed by atoms with E-state index in [9.17, 15) is 19.8 Å². The molecule has 142 valence electrons. The van der Waals surface area contributed by atoms with E-state index in [1.54, 1.807) is 6.08 Å². The van der Waals surface area contributed by atoms with Gasteiger partial charge in [-0.3, -0.25) is 9.59 Å². The van der Waals surface area contributed by atoms with E-state index >= 15 is 0 Å². The predicted molar refractivity (Wildman–Crippen MR) is 97.9 cm³/mol. The number of Topliss-reactive ketones (excluding diaryl/α,β-unsaturated/α-hetero) is 1. The molecule has 4 heteroatoms. The van der Waals surface area contributed by atoms with Crippen LogP contribution in [-0.4, -0.2) is 28.1 Å². The van der Waals surface area contributed by atoms with Crippen LogP contribution in [0.3, 0.4) is 0 Å². The maximum atomic E-state index is 12.5. The summed E-state index contributed by atoms with van der Waals surface area (Å²) in [5, 5.41) is 19.0. The van der Waals surface area contributed by atoms with Crippen LogP contribution in [0.25, 0.3) is 0 Å². The molecule has 0 spiro atoms. The van der Waals surface area contributed by atoms with Crippen LogP contribution in [0.15, 0.2) is 23.8 Å². The SMILES string of the molecule is CC1C[C@H](C(=O)C(O)O)[C@@]2(C)CC[C@H]3[C@@H](CCC4=CC(=O)C=C[C@@]43C)[C@H]12. The number of carbonyl (C=O) groups is 2. The van der Waals surface area contributed by atoms with Gasteiger partial charge in [0.15, 0.2) is 11.6 Å². The fraction of sp³-hybridized carbons (Fsp3) is 0.727. The molecule has 0 saturated heterocycles. The third kappa shape index (κ3) is 2.34. The van der Waals surface area contributed by atoms with Gasteiger partial charge in [0.25, 0.3) is 0 Å². The Balaban J connectivity index is 1.69. The van der Waals surface area contributed by atoms with Crippen LogP contribution >= 0.6 is 0 Å². The van der Waals surface area contributed by atoms with Crippen molar-refractivity contribution in [1.82, 2.24) is 0 Å². The van der Waals surface area contributed by atoms with Crippen molar-refractivity contribution in [2.24, 2.45) is 40.4 Å². The second-order valence-corrected chi connectivity index (χ2v) is 9.61. The topological polar surface area (TPSA) is 74.6 Å². The van der Waals surface area contributed by atoms with E-state index in [2.05, 4.69) is 26.8 Å². The Morgan fingerprint density at radius 3 is 2.69 bits per heavy atom. The number of rotatable bonds is 2. The number of hydrogen-bond acceptors (Lipinski definition) is 4. The van der Waals surface area contributed by atoms with E-state index in [1.165, 1.54) is 5.57 Å². The molecule has 0 amide bonds. The fourth-order valence-corrected chi connectivity index (χ4v) is 7.36. The maximum absolute atomic E-state index is 12.5. The highest BCUT2D eigenvalue weighted by molar-refractivity contribution is 6.01. The van der Waals surface area contributed by atoms with Gasteiger partial charge in [0.05, 0.1) is 0 Å². The minimum Gasteiger partial charge on any atom is -0.362 e. The molecule has 1 unspecified atom stereocenters. The molecule has 4 rings (SSSR count). The molecule has 7 atom stereocenters. The molecular weight excluding hydrogens is 328 g/mol. The van der Waals surface area contributed by atoms with Gasteiger partial charge in [-0.2, -0.15) is 0 Å². The van der Waals surface area contributed by atoms with Crippen LogP contribution in [0.1, 0.15) is 52.9 Å². The second kappa shape index (κ2) is 5.87. The Hall–Kier alpha value is -1.26. The van der Waals surface area contributed by atoms with E-state index in [0.717, 1.165) is 32.1 Å². The fourth-order valence-electron chi connectivity index (χ4n) is 7.36. The summed E-state index contributed by atoms with van der Waals surface area (Å²) in [6, 6.07) is 0. The molecule has 4 nitrogen and oxygen atoms in total. The van der Waals surface area contributed by atoms with Crippen molar-refractivity contribution < 1.29 is 19.8 Å². The molecule has 4 aliphatic carbocycles. The molecule has 0 heterocycles. The van der Waals surface area contributed by atoms with E-state index in [1.807, 2.05) is 6.08 Å². The average molecular weight is 358 g/mol. The summed E-state index contributed by atoms with van der Waals surface area (Å²) >= 11 is 0. The third-order valence-electron chi connectivity index (χ3n) is 8.47. The van der Waals surface area contributed by atoms with E-state index in [-0.39, 0.29) is 22.5 Å². The van der Waals surface area contributed by atoms with Crippen LogP contribution in [-0.2, 0) is 9.59 Å². The van der Waals surface area contributed by atoms with Crippen LogP contribution in [0.2, 0.25) is 0 Å². The molecule has 3 fully saturated rings. The largest absolute Gasteiger partial charge is 0.362 e. The zero-order chi connectivity index (χ0) is 18.9. The molecule has 4 aliphatic rings. The van der Waals surface area contributed by atoms with Crippen molar-refractivity contribution in [2.45, 2.75) is 59.2 Å². The van der Waals surface area contributed by atoms with Gasteiger partial charge in [0, 0.05) is 11.3 Å². The van der Waals surface area contributed by atoms with E-state index in [0.29, 0.717) is 23.7 Å². The Morgan fingerprint density at radius 1 is 1.27 bits per heavy atom. The summed E-state index contributed by atoms with van der Waals surface area (Å²) < 4.78 is 0. The number of ketones is 2. The van der Waals surface area contributed by atoms with Crippen molar-refractivity contribution in [2.75, 3.05) is 0 Å². The lowest BCUT2D eigenvalue weighted by molar-refractivity contribution is -0.155. The van der Waals surface area contributed by atoms with Gasteiger partial charge < -0.3 is 10.2 Å². The van der Waals surface area contributed by atoms with Gasteiger partial charge in [-0.1, -0.05) is 32.4 Å². The van der Waals surface area contributed by atoms with Crippen molar-refractivity contribution in [3.8, 4) is 0 Å². The molecule has 0 aromatic carbocycles. The molecule has 0 bridgehead atoms. The van der Waals surface area contributed by atoms with Crippen LogP contribution in [0.5, 0.6) is 0 Å². The number of allylic oxidation sites excluding steroid dienone is 4. The highest BCUT2D eigenvalue weighted by Gasteiger charge is 2.62. The lowest BCUT2D eigenvalue weighted by atomic mass is 9.47. The molecule has 0 radical (unpaired) electrons. The third-order valence-corrected chi connectivity index (χ3v) is 8.47. The number of aliphatic hydroxyl groups is 2. The van der Waals surface area contributed by atoms with E-state index < -0.39 is 12.1 Å². The number of hydrogen-bond donors (Lipinski definition) is 2. The smallest absolute Gasteiger partial charge is 0.213 e. The van der Waals surface area contributed by atoms with Gasteiger partial charge in [-0.15, -0.1) is 0 Å². The Bertz CT molecular complexity index is 705. The first-order valence-corrected chi connectivity index (χ1v) is 10.0. The monoisotopic (exact) mass is 358 g/mol. The molecule has 0 aliphatic heterocycles. The Labute approximate surface area is 155 Å². The Morgan fingerprint density at radius 2 is 2.00 bits per heavy atom. The van der Waals surface area contributed by atoms with E-state index in [4.69, 9.17) is 0 Å². The summed E-state index contributed by atoms with van der Waals surface area (Å²) in [6.45, 7) is 6.72. The van der Waals surface area contributed by atoms with Crippen molar-refractivity contribution in [3.63, 3.8) is 0 Å². The summed E-state index contributed by atoms with van der Waals surface area (Å²) in [5.41, 5.74) is 1.09. The number of carbonyl (C=O) groups excluding carboxylic acids is 2. The van der Waals surface area contributed by atoms with Gasteiger partial charge >= 0.3 is 0 Å². The lowest BCUT2D eigenvalue weighted by Gasteiger charge is -2.57. The molecule has 0 aromatic heterocycles. The zero-order valence-corrected chi connectivity index (χ0v) is 15.9. The van der Waals surface area contributed by atoms with Gasteiger partial charge in [-0.05, 0) is 73.3 Å². The summed E-state index contributed by atoms with van der Waals surface area (Å²) in [5.74, 6) is 1.32. The molecule has 26 heavy (non-hydrogen) atoms. The molecule has 2 N–H and O–H groups in total. The quantitative estimate of drug-likeness (QED) is 0.744. The first kappa shape index (κ1) is 18.1. The normalized spacial score (nSPS) is 47.2. The highest BCUT2D eigenvalue weighted by Crippen LogP contribution is 2.67. The number of fused-ring (bicyclic) bond motifs is 5. The van der Waals surface area contributed by atoms with Crippen LogP contribution in [0.4, 0.5) is 0 Å². The first-order valence-electron chi connectivity index (χ1n) is 10.0. The summed E-state index contributed by atoms with van der Waals surface area (Å²) in [7, 11) is 0. The lowest BCUT2D eigenvalue weighted by Crippen LogP contribution is -2.51. The molecule has 3 saturated carbocycles. The van der Waals surface area contributed by atoms with Crippen molar-refractivity contribution in [3.05, 3.63) is 23.8 Å². The molecule has 0 aromatic rings. The minimum atomic E-state index is -1.86. The van der Waals surface area contributed by atoms with Crippen LogP contribution < -0.4 is 0 Å². The minimum absolute atomic E-state index is 0.0452. The summed E-state index contributed by atoms with van der Waals surface area (Å²) in [6.07, 6.45) is 8.60. The van der Waals surface area contributed by atoms with Crippen molar-refractivity contribution >= 4 is 11.6 Å². The highest BCUT2D eigenvalue weighted by atomic mass is 16.5. The Kier molecular flexibility index (Phi) is 4.09. The first-order chi connectivity index (χ1) is 12.2. The van der Waals surface area contributed by atoms with Gasteiger partial charge in [0.1, 0.15) is 0 Å². The molecular formula is C22H30O4. The second-order valence-electron chi connectivity index (χ2n) is 9.61. The number of aliphatic hydroxyl groups excluding tert-OH is 1. The van der Waals surface area contributed by atoms with Crippen LogP contribution in [0, 0.1) is 40.4 Å². The summed E-state index contributed by atoms with van der Waals surface area (Å²) in [4.78, 5) is 24.3. The standard InChI is InChI=1S/C22H30O4/c1-12-10-17(19(24)20(25)26)22(3)9-7-16-15(18(12)22)5-4-13-11-14(23)6-8-21(13,16)2/h6,8,11-12,15-18,20,25-26H,4-5,7,9-10H2,1-3H3/t12?,15-,16+,17-,18+,21+,22-/m1/s1. The van der Waals surface area contributed by atoms with Gasteiger partial charge in [0.2, 0.25) is 6.29 Å². The maximum Gasteiger partial charge on any atom is 0.213 e. The predicted octanol–water partition coefficient (Wildman–Crippen LogP) is 3.04. The zero-order valence-electron chi connectivity index (χ0n) is 15.9. The van der Waals surface area contributed by atoms with Gasteiger partial charge in [-0.25, -0.2) is 0 Å². The van der Waals surface area contributed by atoms with Crippen molar-refractivity contribution in [1.29, 1.82) is 0 Å². The average Bonchev–Trinajstić information content (AvgIpc) is 2.86.